The molecule has 4 rings (SSSR count). The summed E-state index contributed by atoms with van der Waals surface area (Å²) < 4.78 is 13.9. The molecule has 6 heteroatoms. The summed E-state index contributed by atoms with van der Waals surface area (Å²) in [4.78, 5) is 15.0. The van der Waals surface area contributed by atoms with Crippen molar-refractivity contribution in [3.8, 4) is 22.5 Å². The number of nitrogens with zero attached hydrogens (tertiary/aromatic N) is 2. The molecule has 0 N–H and O–H groups in total. The van der Waals surface area contributed by atoms with Crippen LogP contribution in [-0.4, -0.2) is 32.1 Å². The van der Waals surface area contributed by atoms with E-state index in [1.165, 1.54) is 0 Å². The van der Waals surface area contributed by atoms with E-state index < -0.39 is 0 Å². The van der Waals surface area contributed by atoms with Crippen LogP contribution in [0.15, 0.2) is 65.1 Å². The van der Waals surface area contributed by atoms with Crippen LogP contribution < -0.4 is 14.8 Å². The number of carbonyl (C=O) groups is 1. The van der Waals surface area contributed by atoms with Crippen LogP contribution in [0, 0.1) is 0 Å². The molecule has 176 valence electrons. The van der Waals surface area contributed by atoms with Crippen molar-refractivity contribution in [2.75, 3.05) is 31.1 Å². The number of carbonyl (C=O) groups excluding carboxylic acids is 1. The maximum absolute atomic E-state index is 12.7. The number of anilines is 1. The van der Waals surface area contributed by atoms with E-state index in [2.05, 4.69) is 73.6 Å². The van der Waals surface area contributed by atoms with Crippen LogP contribution in [0.25, 0.3) is 33.4 Å². The van der Waals surface area contributed by atoms with Crippen molar-refractivity contribution < 1.29 is 12.3 Å². The quantitative estimate of drug-likeness (QED) is 0.148. The predicted octanol–water partition coefficient (Wildman–Crippen LogP) is 6.37. The highest BCUT2D eigenvalue weighted by atomic mass is 127. The average Bonchev–Trinajstić information content (AvgIpc) is 2.88. The van der Waals surface area contributed by atoms with Gasteiger partial charge in [0.05, 0.1) is 11.6 Å². The standard InChI is InChI=1S/C28H30IN2O3/c1-5-30(6-2)19-13-15-23-25(17-19)33-26-18-20(31(7-3)8-4)14-16-24(26)27(23)21-11-9-10-12-22(21)28(32)34-29/h9-18H,5-8H2,1-4H3/q+1. The molecule has 0 bridgehead atoms. The molecule has 34 heavy (non-hydrogen) atoms. The van der Waals surface area contributed by atoms with Gasteiger partial charge in [0, 0.05) is 47.4 Å². The average molecular weight is 569 g/mol. The Morgan fingerprint density at radius 2 is 1.68 bits per heavy atom. The highest BCUT2D eigenvalue weighted by molar-refractivity contribution is 14.1. The summed E-state index contributed by atoms with van der Waals surface area (Å²) >= 11 is 1.65. The van der Waals surface area contributed by atoms with E-state index in [0.29, 0.717) is 5.56 Å². The first-order valence-corrected chi connectivity index (χ1v) is 12.7. The lowest BCUT2D eigenvalue weighted by Crippen LogP contribution is -2.29. The molecular weight excluding hydrogens is 539 g/mol. The molecule has 0 fully saturated rings. The fourth-order valence-corrected chi connectivity index (χ4v) is 4.89. The number of halogens is 1. The Morgan fingerprint density at radius 3 is 2.35 bits per heavy atom. The Bertz CT molecular complexity index is 1370. The number of rotatable bonds is 7. The van der Waals surface area contributed by atoms with Crippen LogP contribution in [-0.2, 0) is 3.07 Å². The van der Waals surface area contributed by atoms with E-state index in [9.17, 15) is 4.79 Å². The largest absolute Gasteiger partial charge is 0.456 e. The summed E-state index contributed by atoms with van der Waals surface area (Å²) in [6, 6.07) is 20.3. The van der Waals surface area contributed by atoms with Crippen molar-refractivity contribution in [2.45, 2.75) is 27.7 Å². The Kier molecular flexibility index (Phi) is 7.56. The van der Waals surface area contributed by atoms with E-state index in [1.54, 1.807) is 23.0 Å². The van der Waals surface area contributed by atoms with Gasteiger partial charge in [-0.25, -0.2) is 9.37 Å². The van der Waals surface area contributed by atoms with Gasteiger partial charge >= 0.3 is 5.97 Å². The molecule has 0 saturated heterocycles. The molecule has 0 saturated carbocycles. The first kappa shape index (κ1) is 24.3. The van der Waals surface area contributed by atoms with Gasteiger partial charge in [-0.2, -0.15) is 0 Å². The molecule has 0 spiro atoms. The van der Waals surface area contributed by atoms with Crippen molar-refractivity contribution in [3.05, 3.63) is 71.6 Å². The zero-order valence-corrected chi connectivity index (χ0v) is 22.3. The number of hydrogen-bond acceptors (Lipinski definition) is 4. The Hall–Kier alpha value is -2.87. The van der Waals surface area contributed by atoms with E-state index >= 15 is 0 Å². The molecule has 0 unspecified atom stereocenters. The van der Waals surface area contributed by atoms with Crippen LogP contribution in [0.1, 0.15) is 38.1 Å². The minimum absolute atomic E-state index is 0.363. The normalized spacial score (nSPS) is 11.1. The minimum Gasteiger partial charge on any atom is -0.456 e. The molecule has 1 aliphatic heterocycles. The first-order chi connectivity index (χ1) is 16.6. The lowest BCUT2D eigenvalue weighted by Gasteiger charge is -2.22. The summed E-state index contributed by atoms with van der Waals surface area (Å²) in [5.41, 5.74) is 5.22. The van der Waals surface area contributed by atoms with Crippen LogP contribution in [0.5, 0.6) is 0 Å². The van der Waals surface area contributed by atoms with Crippen LogP contribution in [0.2, 0.25) is 0 Å². The maximum atomic E-state index is 12.7. The van der Waals surface area contributed by atoms with Crippen LogP contribution in [0.4, 0.5) is 5.69 Å². The van der Waals surface area contributed by atoms with Gasteiger partial charge in [0.2, 0.25) is 5.36 Å². The molecule has 2 aromatic rings. The van der Waals surface area contributed by atoms with Crippen LogP contribution >= 0.6 is 23.0 Å². The molecule has 2 aliphatic rings. The highest BCUT2D eigenvalue weighted by Crippen LogP contribution is 2.42. The van der Waals surface area contributed by atoms with Crippen LogP contribution in [0.3, 0.4) is 0 Å². The van der Waals surface area contributed by atoms with Crippen molar-refractivity contribution in [2.24, 2.45) is 0 Å². The topological polar surface area (TPSA) is 45.7 Å². The highest BCUT2D eigenvalue weighted by Gasteiger charge is 2.23. The SMILES string of the molecule is CCN(CC)c1ccc2c(-c3ccccc3C(=O)OI)c3ccc(=[N+](CC)CC)cc-3oc2c1. The Morgan fingerprint density at radius 1 is 0.941 bits per heavy atom. The van der Waals surface area contributed by atoms with E-state index in [4.69, 9.17) is 7.48 Å². The monoisotopic (exact) mass is 569 g/mol. The Balaban J connectivity index is 2.13. The molecule has 1 heterocycles. The smallest absolute Gasteiger partial charge is 0.348 e. The molecule has 5 nitrogen and oxygen atoms in total. The summed E-state index contributed by atoms with van der Waals surface area (Å²) in [7, 11) is 0. The fourth-order valence-electron chi connectivity index (χ4n) is 4.65. The van der Waals surface area contributed by atoms with E-state index in [-0.39, 0.29) is 5.97 Å². The van der Waals surface area contributed by atoms with Crippen molar-refractivity contribution in [3.63, 3.8) is 0 Å². The number of benzene rings is 3. The van der Waals surface area contributed by atoms with Gasteiger partial charge < -0.3 is 12.4 Å². The summed E-state index contributed by atoms with van der Waals surface area (Å²) in [5.74, 6) is 0.430. The van der Waals surface area contributed by atoms with E-state index in [0.717, 1.165) is 70.6 Å². The third kappa shape index (κ3) is 4.43. The van der Waals surface area contributed by atoms with E-state index in [1.807, 2.05) is 24.3 Å². The molecule has 0 atom stereocenters. The Labute approximate surface area is 214 Å². The van der Waals surface area contributed by atoms with Crippen molar-refractivity contribution >= 4 is 45.6 Å². The van der Waals surface area contributed by atoms with Gasteiger partial charge in [-0.15, -0.1) is 0 Å². The van der Waals surface area contributed by atoms with Gasteiger partial charge in [-0.05, 0) is 57.5 Å². The van der Waals surface area contributed by atoms with Crippen molar-refractivity contribution in [1.82, 2.24) is 4.58 Å². The summed E-state index contributed by atoms with van der Waals surface area (Å²) in [6.07, 6.45) is 0. The summed E-state index contributed by atoms with van der Waals surface area (Å²) in [5, 5.41) is 2.08. The molecule has 2 aromatic carbocycles. The van der Waals surface area contributed by atoms with Gasteiger partial charge in [0.25, 0.3) is 0 Å². The summed E-state index contributed by atoms with van der Waals surface area (Å²) in [6.45, 7) is 12.3. The third-order valence-corrected chi connectivity index (χ3v) is 6.83. The lowest BCUT2D eigenvalue weighted by molar-refractivity contribution is 0.0801. The fraction of sp³-hybridized carbons (Fsp3) is 0.286. The molecule has 0 aromatic heterocycles. The maximum Gasteiger partial charge on any atom is 0.348 e. The van der Waals surface area contributed by atoms with Crippen molar-refractivity contribution in [1.29, 1.82) is 0 Å². The van der Waals surface area contributed by atoms with Gasteiger partial charge in [0.15, 0.2) is 23.0 Å². The second-order valence-corrected chi connectivity index (χ2v) is 8.53. The second kappa shape index (κ2) is 10.6. The van der Waals surface area contributed by atoms with Gasteiger partial charge in [0.1, 0.15) is 24.4 Å². The molecular formula is C28H30IN2O3+. The predicted molar refractivity (Wildman–Crippen MR) is 148 cm³/mol. The molecule has 0 amide bonds. The first-order valence-electron chi connectivity index (χ1n) is 11.8. The number of hydrogen-bond donors (Lipinski definition) is 0. The van der Waals surface area contributed by atoms with Gasteiger partial charge in [-0.3, -0.25) is 0 Å². The third-order valence-electron chi connectivity index (χ3n) is 6.43. The number of fused-ring (bicyclic) bond motifs is 2. The molecule has 0 radical (unpaired) electrons. The minimum atomic E-state index is -0.363. The van der Waals surface area contributed by atoms with Gasteiger partial charge in [-0.1, -0.05) is 18.2 Å². The zero-order chi connectivity index (χ0) is 24.2. The lowest BCUT2D eigenvalue weighted by atomic mass is 9.90. The second-order valence-electron chi connectivity index (χ2n) is 8.09. The zero-order valence-electron chi connectivity index (χ0n) is 20.1. The molecule has 1 aliphatic carbocycles.